The third kappa shape index (κ3) is 1.51. The first kappa shape index (κ1) is 12.6. The fraction of sp³-hybridized carbons (Fsp3) is 0.667. The molecule has 0 aliphatic heterocycles. The highest BCUT2D eigenvalue weighted by Crippen LogP contribution is 2.58. The van der Waals surface area contributed by atoms with Gasteiger partial charge < -0.3 is 0 Å². The highest BCUT2D eigenvalue weighted by Gasteiger charge is 2.56. The van der Waals surface area contributed by atoms with E-state index in [-0.39, 0.29) is 11.3 Å². The van der Waals surface area contributed by atoms with Gasteiger partial charge in [0.2, 0.25) is 0 Å². The number of ketones is 2. The maximum atomic E-state index is 12.7. The summed E-state index contributed by atoms with van der Waals surface area (Å²) in [6, 6.07) is 0. The fourth-order valence-electron chi connectivity index (χ4n) is 5.30. The Kier molecular flexibility index (Phi) is 2.61. The molecule has 2 fully saturated rings. The number of Topliss-reactive ketones (excluding diaryl/α,β-unsaturated/α-hetero) is 1. The van der Waals surface area contributed by atoms with E-state index < -0.39 is 0 Å². The Balaban J connectivity index is 1.78. The van der Waals surface area contributed by atoms with Crippen molar-refractivity contribution in [3.63, 3.8) is 0 Å². The maximum Gasteiger partial charge on any atom is 0.159 e. The number of carbonyl (C=O) groups excluding carboxylic acids is 2. The molecule has 2 saturated carbocycles. The third-order valence-electron chi connectivity index (χ3n) is 6.41. The van der Waals surface area contributed by atoms with Crippen LogP contribution in [0.2, 0.25) is 0 Å². The molecule has 20 heavy (non-hydrogen) atoms. The van der Waals surface area contributed by atoms with Crippen LogP contribution in [-0.2, 0) is 9.59 Å². The van der Waals surface area contributed by atoms with Crippen molar-refractivity contribution in [3.05, 3.63) is 23.3 Å². The largest absolute Gasteiger partial charge is 0.299 e. The molecule has 0 unspecified atom stereocenters. The van der Waals surface area contributed by atoms with Gasteiger partial charge in [0, 0.05) is 17.8 Å². The third-order valence-corrected chi connectivity index (χ3v) is 6.41. The smallest absolute Gasteiger partial charge is 0.159 e. The number of allylic oxidation sites excluding steroid dienone is 4. The number of carbonyl (C=O) groups is 2. The molecule has 0 amide bonds. The molecular formula is C18H22O2. The zero-order valence-corrected chi connectivity index (χ0v) is 12.2. The van der Waals surface area contributed by atoms with Crippen molar-refractivity contribution in [1.82, 2.24) is 0 Å². The van der Waals surface area contributed by atoms with Crippen LogP contribution in [0.1, 0.15) is 51.9 Å². The van der Waals surface area contributed by atoms with Crippen LogP contribution < -0.4 is 0 Å². The van der Waals surface area contributed by atoms with Crippen molar-refractivity contribution >= 4 is 11.6 Å². The van der Waals surface area contributed by atoms with Gasteiger partial charge in [0.15, 0.2) is 5.78 Å². The Morgan fingerprint density at radius 2 is 2.05 bits per heavy atom. The van der Waals surface area contributed by atoms with Gasteiger partial charge in [0.1, 0.15) is 5.78 Å². The molecule has 4 atom stereocenters. The van der Waals surface area contributed by atoms with E-state index in [1.54, 1.807) is 0 Å². The second kappa shape index (κ2) is 4.16. The Hall–Kier alpha value is -1.18. The first-order valence-corrected chi connectivity index (χ1v) is 8.09. The maximum absolute atomic E-state index is 12.7. The molecule has 0 heterocycles. The molecule has 4 aliphatic carbocycles. The topological polar surface area (TPSA) is 34.1 Å². The first-order valence-electron chi connectivity index (χ1n) is 8.09. The zero-order chi connectivity index (χ0) is 13.9. The molecule has 4 aliphatic rings. The fourth-order valence-corrected chi connectivity index (χ4v) is 5.30. The minimum Gasteiger partial charge on any atom is -0.299 e. The van der Waals surface area contributed by atoms with Crippen LogP contribution in [-0.4, -0.2) is 11.6 Å². The Morgan fingerprint density at radius 1 is 1.20 bits per heavy atom. The lowest BCUT2D eigenvalue weighted by Gasteiger charge is -2.47. The predicted molar refractivity (Wildman–Crippen MR) is 77.1 cm³/mol. The quantitative estimate of drug-likeness (QED) is 0.673. The van der Waals surface area contributed by atoms with E-state index in [0.717, 1.165) is 32.1 Å². The standard InChI is InChI=1S/C18H22O2/c1-18-9-8-13-12-5-3-2-4-11(12)10-15(19)17(13)14(18)6-7-16(18)20/h5,10,13-14,17H,2-4,6-9H2,1H3/t13-,14+,17-,18+/m1/s1. The molecule has 2 heteroatoms. The molecule has 0 spiro atoms. The van der Waals surface area contributed by atoms with Gasteiger partial charge >= 0.3 is 0 Å². The molecule has 0 aromatic carbocycles. The number of rotatable bonds is 0. The van der Waals surface area contributed by atoms with Gasteiger partial charge in [-0.05, 0) is 67.6 Å². The van der Waals surface area contributed by atoms with E-state index >= 15 is 0 Å². The summed E-state index contributed by atoms with van der Waals surface area (Å²) >= 11 is 0. The number of fused-ring (bicyclic) bond motifs is 5. The van der Waals surface area contributed by atoms with Crippen LogP contribution in [0.15, 0.2) is 23.3 Å². The summed E-state index contributed by atoms with van der Waals surface area (Å²) in [6.45, 7) is 2.12. The van der Waals surface area contributed by atoms with E-state index in [4.69, 9.17) is 0 Å². The molecule has 4 rings (SSSR count). The van der Waals surface area contributed by atoms with Crippen molar-refractivity contribution in [2.75, 3.05) is 0 Å². The minimum absolute atomic E-state index is 0.0910. The van der Waals surface area contributed by atoms with Crippen LogP contribution in [0.25, 0.3) is 0 Å². The molecule has 2 nitrogen and oxygen atoms in total. The normalized spacial score (nSPS) is 43.4. The molecule has 0 N–H and O–H groups in total. The molecule has 106 valence electrons. The summed E-state index contributed by atoms with van der Waals surface area (Å²) in [4.78, 5) is 24.9. The molecule has 0 aromatic rings. The molecule has 0 radical (unpaired) electrons. The molecular weight excluding hydrogens is 248 g/mol. The van der Waals surface area contributed by atoms with E-state index in [9.17, 15) is 9.59 Å². The molecule has 0 aromatic heterocycles. The van der Waals surface area contributed by atoms with Gasteiger partial charge in [-0.25, -0.2) is 0 Å². The Morgan fingerprint density at radius 3 is 2.90 bits per heavy atom. The summed E-state index contributed by atoms with van der Waals surface area (Å²) < 4.78 is 0. The highest BCUT2D eigenvalue weighted by molar-refractivity contribution is 5.97. The predicted octanol–water partition coefficient (Wildman–Crippen LogP) is 3.62. The highest BCUT2D eigenvalue weighted by atomic mass is 16.1. The average Bonchev–Trinajstić information content (AvgIpc) is 2.75. The van der Waals surface area contributed by atoms with Crippen molar-refractivity contribution in [2.24, 2.45) is 23.2 Å². The van der Waals surface area contributed by atoms with Crippen LogP contribution in [0.4, 0.5) is 0 Å². The second-order valence-electron chi connectivity index (χ2n) is 7.28. The summed E-state index contributed by atoms with van der Waals surface area (Å²) in [7, 11) is 0. The Labute approximate surface area is 120 Å². The molecule has 0 saturated heterocycles. The van der Waals surface area contributed by atoms with Gasteiger partial charge in [-0.1, -0.05) is 13.0 Å². The first-order chi connectivity index (χ1) is 9.61. The van der Waals surface area contributed by atoms with Gasteiger partial charge in [-0.2, -0.15) is 0 Å². The summed E-state index contributed by atoms with van der Waals surface area (Å²) in [5, 5.41) is 0. The van der Waals surface area contributed by atoms with E-state index in [0.29, 0.717) is 29.8 Å². The van der Waals surface area contributed by atoms with Gasteiger partial charge in [-0.3, -0.25) is 9.59 Å². The lowest BCUT2D eigenvalue weighted by atomic mass is 9.55. The van der Waals surface area contributed by atoms with Crippen molar-refractivity contribution in [1.29, 1.82) is 0 Å². The van der Waals surface area contributed by atoms with Gasteiger partial charge in [-0.15, -0.1) is 0 Å². The summed E-state index contributed by atoms with van der Waals surface area (Å²) in [5.41, 5.74) is 2.55. The van der Waals surface area contributed by atoms with E-state index in [1.165, 1.54) is 17.6 Å². The minimum atomic E-state index is -0.211. The number of hydrogen-bond donors (Lipinski definition) is 0. The molecule has 0 bridgehead atoms. The zero-order valence-electron chi connectivity index (χ0n) is 12.2. The van der Waals surface area contributed by atoms with Crippen LogP contribution in [0.3, 0.4) is 0 Å². The second-order valence-corrected chi connectivity index (χ2v) is 7.28. The summed E-state index contributed by atoms with van der Waals surface area (Å²) in [5.74, 6) is 1.51. The van der Waals surface area contributed by atoms with Crippen LogP contribution in [0, 0.1) is 23.2 Å². The summed E-state index contributed by atoms with van der Waals surface area (Å²) in [6.07, 6.45) is 11.3. The van der Waals surface area contributed by atoms with Crippen molar-refractivity contribution in [2.45, 2.75) is 51.9 Å². The lowest BCUT2D eigenvalue weighted by Crippen LogP contribution is -2.46. The van der Waals surface area contributed by atoms with E-state index in [1.807, 2.05) is 6.08 Å². The van der Waals surface area contributed by atoms with Gasteiger partial charge in [0.05, 0.1) is 0 Å². The lowest BCUT2D eigenvalue weighted by molar-refractivity contribution is -0.133. The van der Waals surface area contributed by atoms with Crippen molar-refractivity contribution in [3.8, 4) is 0 Å². The average molecular weight is 270 g/mol. The van der Waals surface area contributed by atoms with Crippen LogP contribution in [0.5, 0.6) is 0 Å². The van der Waals surface area contributed by atoms with Crippen molar-refractivity contribution < 1.29 is 9.59 Å². The monoisotopic (exact) mass is 270 g/mol. The van der Waals surface area contributed by atoms with Gasteiger partial charge in [0.25, 0.3) is 0 Å². The SMILES string of the molecule is C[C@]12CC[C@@H]3C4=CCCCC4=CC(=O)[C@H]3[C@@H]1CCC2=O. The van der Waals surface area contributed by atoms with Crippen LogP contribution >= 0.6 is 0 Å². The number of hydrogen-bond acceptors (Lipinski definition) is 2. The Bertz CT molecular complexity index is 554. The van der Waals surface area contributed by atoms with E-state index in [2.05, 4.69) is 13.0 Å².